The molecule has 0 saturated carbocycles. The molecule has 3 nitrogen and oxygen atoms in total. The molecule has 1 aliphatic carbocycles. The minimum Gasteiger partial charge on any atom is -0.372 e. The molecule has 2 atom stereocenters. The van der Waals surface area contributed by atoms with E-state index >= 15 is 0 Å². The van der Waals surface area contributed by atoms with Crippen LogP contribution in [0.5, 0.6) is 0 Å². The van der Waals surface area contributed by atoms with E-state index in [1.807, 2.05) is 4.90 Å². The van der Waals surface area contributed by atoms with Gasteiger partial charge in [-0.1, -0.05) is 24.3 Å². The van der Waals surface area contributed by atoms with Gasteiger partial charge in [0.2, 0.25) is 5.91 Å². The Morgan fingerprint density at radius 3 is 2.58 bits per heavy atom. The number of amides is 1. The number of fused-ring (bicyclic) bond motifs is 5. The standard InChI is InChI=1S/C21H24N2O/c1-4-22(5-2)16-10-11-20-18(13-16)19-12-15-8-6-7-9-17(15)21(19)23(20)14(3)24/h6-11,13,19,21H,4-5,12H2,1-3H3. The number of benzene rings is 2. The molecule has 2 unspecified atom stereocenters. The minimum atomic E-state index is 0.135. The van der Waals surface area contributed by atoms with Crippen molar-refractivity contribution in [1.82, 2.24) is 0 Å². The number of hydrogen-bond donors (Lipinski definition) is 0. The van der Waals surface area contributed by atoms with Gasteiger partial charge in [0.25, 0.3) is 0 Å². The average Bonchev–Trinajstić information content (AvgIpc) is 3.10. The Morgan fingerprint density at radius 2 is 1.88 bits per heavy atom. The van der Waals surface area contributed by atoms with Gasteiger partial charge in [0.1, 0.15) is 0 Å². The van der Waals surface area contributed by atoms with E-state index in [2.05, 4.69) is 61.2 Å². The topological polar surface area (TPSA) is 23.6 Å². The summed E-state index contributed by atoms with van der Waals surface area (Å²) >= 11 is 0. The van der Waals surface area contributed by atoms with Gasteiger partial charge in [-0.3, -0.25) is 4.79 Å². The Labute approximate surface area is 143 Å². The first-order valence-corrected chi connectivity index (χ1v) is 8.92. The van der Waals surface area contributed by atoms with Crippen molar-refractivity contribution in [1.29, 1.82) is 0 Å². The van der Waals surface area contributed by atoms with Crippen LogP contribution in [0.2, 0.25) is 0 Å². The fourth-order valence-electron chi connectivity index (χ4n) is 4.53. The molecule has 2 aliphatic rings. The molecule has 0 spiro atoms. The van der Waals surface area contributed by atoms with E-state index in [1.165, 1.54) is 22.4 Å². The maximum Gasteiger partial charge on any atom is 0.224 e. The quantitative estimate of drug-likeness (QED) is 0.843. The molecule has 2 aromatic rings. The molecule has 0 N–H and O–H groups in total. The van der Waals surface area contributed by atoms with Crippen LogP contribution in [0.3, 0.4) is 0 Å². The summed E-state index contributed by atoms with van der Waals surface area (Å²) < 4.78 is 0. The normalized spacial score (nSPS) is 20.5. The molecule has 1 heterocycles. The first kappa shape index (κ1) is 15.3. The lowest BCUT2D eigenvalue weighted by molar-refractivity contribution is -0.117. The second kappa shape index (κ2) is 5.66. The molecule has 3 heteroatoms. The number of nitrogens with zero attached hydrogens (tertiary/aromatic N) is 2. The summed E-state index contributed by atoms with van der Waals surface area (Å²) in [5.74, 6) is 0.521. The van der Waals surface area contributed by atoms with Gasteiger partial charge >= 0.3 is 0 Å². The monoisotopic (exact) mass is 320 g/mol. The second-order valence-corrected chi connectivity index (χ2v) is 6.76. The van der Waals surface area contributed by atoms with E-state index in [-0.39, 0.29) is 11.9 Å². The fraction of sp³-hybridized carbons (Fsp3) is 0.381. The summed E-state index contributed by atoms with van der Waals surface area (Å²) in [6, 6.07) is 15.4. The van der Waals surface area contributed by atoms with Crippen molar-refractivity contribution >= 4 is 17.3 Å². The van der Waals surface area contributed by atoms with Gasteiger partial charge in [-0.15, -0.1) is 0 Å². The molecule has 0 saturated heterocycles. The highest BCUT2D eigenvalue weighted by atomic mass is 16.2. The first-order valence-electron chi connectivity index (χ1n) is 8.92. The highest BCUT2D eigenvalue weighted by Crippen LogP contribution is 2.55. The number of carbonyl (C=O) groups is 1. The smallest absolute Gasteiger partial charge is 0.224 e. The lowest BCUT2D eigenvalue weighted by atomic mass is 9.95. The molecular formula is C21H24N2O. The van der Waals surface area contributed by atoms with Crippen molar-refractivity contribution in [3.8, 4) is 0 Å². The summed E-state index contributed by atoms with van der Waals surface area (Å²) in [6.07, 6.45) is 1.03. The van der Waals surface area contributed by atoms with Gasteiger partial charge < -0.3 is 9.80 Å². The van der Waals surface area contributed by atoms with Crippen molar-refractivity contribution in [2.24, 2.45) is 0 Å². The van der Waals surface area contributed by atoms with Crippen molar-refractivity contribution in [3.05, 3.63) is 59.2 Å². The summed E-state index contributed by atoms with van der Waals surface area (Å²) in [4.78, 5) is 16.8. The predicted octanol–water partition coefficient (Wildman–Crippen LogP) is 4.28. The predicted molar refractivity (Wildman–Crippen MR) is 98.8 cm³/mol. The SMILES string of the molecule is CCN(CC)c1ccc2c(c1)C1Cc3ccccc3C1N2C(C)=O. The number of anilines is 2. The maximum atomic E-state index is 12.4. The molecule has 124 valence electrons. The van der Waals surface area contributed by atoms with Crippen molar-refractivity contribution < 1.29 is 4.79 Å². The van der Waals surface area contributed by atoms with Crippen LogP contribution < -0.4 is 9.80 Å². The molecule has 0 radical (unpaired) electrons. The van der Waals surface area contributed by atoms with Crippen LogP contribution in [-0.4, -0.2) is 19.0 Å². The van der Waals surface area contributed by atoms with Crippen LogP contribution in [0.1, 0.15) is 49.4 Å². The van der Waals surface area contributed by atoms with Gasteiger partial charge in [0.15, 0.2) is 0 Å². The molecule has 0 bridgehead atoms. The Hall–Kier alpha value is -2.29. The Bertz CT molecular complexity index is 794. The first-order chi connectivity index (χ1) is 11.7. The molecule has 1 amide bonds. The second-order valence-electron chi connectivity index (χ2n) is 6.76. The van der Waals surface area contributed by atoms with Crippen LogP contribution >= 0.6 is 0 Å². The van der Waals surface area contributed by atoms with Crippen molar-refractivity contribution in [2.75, 3.05) is 22.9 Å². The summed E-state index contributed by atoms with van der Waals surface area (Å²) in [5, 5.41) is 0. The fourth-order valence-corrected chi connectivity index (χ4v) is 4.53. The third kappa shape index (κ3) is 2.07. The van der Waals surface area contributed by atoms with Crippen LogP contribution in [0.15, 0.2) is 42.5 Å². The number of hydrogen-bond acceptors (Lipinski definition) is 2. The molecular weight excluding hydrogens is 296 g/mol. The van der Waals surface area contributed by atoms with Gasteiger partial charge in [0, 0.05) is 37.3 Å². The third-order valence-corrected chi connectivity index (χ3v) is 5.61. The minimum absolute atomic E-state index is 0.135. The van der Waals surface area contributed by atoms with Crippen molar-refractivity contribution in [2.45, 2.75) is 39.2 Å². The maximum absolute atomic E-state index is 12.4. The number of carbonyl (C=O) groups excluding carboxylic acids is 1. The van der Waals surface area contributed by atoms with Crippen LogP contribution in [0.4, 0.5) is 11.4 Å². The largest absolute Gasteiger partial charge is 0.372 e. The Morgan fingerprint density at radius 1 is 1.12 bits per heavy atom. The molecule has 1 aliphatic heterocycles. The van der Waals surface area contributed by atoms with E-state index < -0.39 is 0 Å². The third-order valence-electron chi connectivity index (χ3n) is 5.61. The van der Waals surface area contributed by atoms with Crippen LogP contribution in [0.25, 0.3) is 0 Å². The highest BCUT2D eigenvalue weighted by molar-refractivity contribution is 5.96. The van der Waals surface area contributed by atoms with Crippen LogP contribution in [0, 0.1) is 0 Å². The lowest BCUT2D eigenvalue weighted by Crippen LogP contribution is -2.29. The van der Waals surface area contributed by atoms with Crippen molar-refractivity contribution in [3.63, 3.8) is 0 Å². The summed E-state index contributed by atoms with van der Waals surface area (Å²) in [6.45, 7) is 8.06. The Kier molecular flexibility index (Phi) is 3.60. The lowest BCUT2D eigenvalue weighted by Gasteiger charge is -2.25. The Balaban J connectivity index is 1.84. The molecule has 4 rings (SSSR count). The molecule has 24 heavy (non-hydrogen) atoms. The van der Waals surface area contributed by atoms with Gasteiger partial charge in [-0.2, -0.15) is 0 Å². The average molecular weight is 320 g/mol. The van der Waals surface area contributed by atoms with E-state index in [0.29, 0.717) is 5.92 Å². The van der Waals surface area contributed by atoms with Crippen LogP contribution in [-0.2, 0) is 11.2 Å². The zero-order valence-electron chi connectivity index (χ0n) is 14.6. The number of rotatable bonds is 3. The zero-order valence-corrected chi connectivity index (χ0v) is 14.6. The summed E-state index contributed by atoms with van der Waals surface area (Å²) in [7, 11) is 0. The van der Waals surface area contributed by atoms with E-state index in [0.717, 1.165) is 25.2 Å². The molecule has 0 aromatic heterocycles. The summed E-state index contributed by atoms with van der Waals surface area (Å²) in [5.41, 5.74) is 6.40. The molecule has 0 fully saturated rings. The van der Waals surface area contributed by atoms with Gasteiger partial charge in [-0.05, 0) is 55.2 Å². The molecule has 2 aromatic carbocycles. The van der Waals surface area contributed by atoms with E-state index in [1.54, 1.807) is 6.92 Å². The zero-order chi connectivity index (χ0) is 16.8. The van der Waals surface area contributed by atoms with E-state index in [4.69, 9.17) is 0 Å². The van der Waals surface area contributed by atoms with Gasteiger partial charge in [0.05, 0.1) is 6.04 Å². The van der Waals surface area contributed by atoms with E-state index in [9.17, 15) is 4.79 Å². The van der Waals surface area contributed by atoms with Gasteiger partial charge in [-0.25, -0.2) is 0 Å². The highest BCUT2D eigenvalue weighted by Gasteiger charge is 2.46.